The first kappa shape index (κ1) is 26.9. The van der Waals surface area contributed by atoms with Gasteiger partial charge in [0.25, 0.3) is 0 Å². The number of ether oxygens (including phenoxy) is 1. The van der Waals surface area contributed by atoms with Crippen molar-refractivity contribution in [3.05, 3.63) is 47.5 Å². The third kappa shape index (κ3) is 4.71. The zero-order valence-corrected chi connectivity index (χ0v) is 23.4. The Kier molecular flexibility index (Phi) is 7.64. The number of benzene rings is 1. The van der Waals surface area contributed by atoms with Crippen LogP contribution in [0.2, 0.25) is 0 Å². The molecule has 0 bridgehead atoms. The Balaban J connectivity index is 1.26. The van der Waals surface area contributed by atoms with Gasteiger partial charge >= 0.3 is 5.97 Å². The molecule has 4 fully saturated rings. The number of esters is 1. The minimum absolute atomic E-state index is 0.0991. The molecule has 0 heterocycles. The fourth-order valence-corrected chi connectivity index (χ4v) is 9.81. The third-order valence-electron chi connectivity index (χ3n) is 11.7. The van der Waals surface area contributed by atoms with E-state index in [1.54, 1.807) is 0 Å². The van der Waals surface area contributed by atoms with Crippen molar-refractivity contribution in [3.63, 3.8) is 0 Å². The van der Waals surface area contributed by atoms with Crippen molar-refractivity contribution >= 4 is 5.97 Å². The zero-order valence-electron chi connectivity index (χ0n) is 23.4. The van der Waals surface area contributed by atoms with Crippen LogP contribution in [-0.2, 0) is 16.1 Å². The molecular formula is C33H48O4. The SMILES string of the molecule is C/C=C1/C(O)C2C3CCC([C@H](C)CCC(=O)OCc4ccccc4)[C@@]3(C)CCC2[C@@]2(C)CC[C@@H](O)C[C@@H]12. The fraction of sp³-hybridized carbons (Fsp3) is 0.727. The van der Waals surface area contributed by atoms with Crippen LogP contribution in [0.4, 0.5) is 0 Å². The molecule has 5 rings (SSSR count). The van der Waals surface area contributed by atoms with Crippen LogP contribution in [0.1, 0.15) is 91.0 Å². The maximum Gasteiger partial charge on any atom is 0.306 e. The Morgan fingerprint density at radius 1 is 1.05 bits per heavy atom. The van der Waals surface area contributed by atoms with Gasteiger partial charge in [-0.25, -0.2) is 0 Å². The molecule has 204 valence electrons. The highest BCUT2D eigenvalue weighted by atomic mass is 16.5. The van der Waals surface area contributed by atoms with Gasteiger partial charge in [-0.15, -0.1) is 0 Å². The van der Waals surface area contributed by atoms with Crippen molar-refractivity contribution < 1.29 is 19.7 Å². The summed E-state index contributed by atoms with van der Waals surface area (Å²) in [6.07, 6.45) is 10.4. The lowest BCUT2D eigenvalue weighted by Crippen LogP contribution is -2.59. The Bertz CT molecular complexity index is 987. The van der Waals surface area contributed by atoms with Gasteiger partial charge in [0.05, 0.1) is 12.2 Å². The van der Waals surface area contributed by atoms with Gasteiger partial charge in [-0.05, 0) is 116 Å². The summed E-state index contributed by atoms with van der Waals surface area (Å²) >= 11 is 0. The third-order valence-corrected chi connectivity index (χ3v) is 11.7. The molecule has 4 saturated carbocycles. The highest BCUT2D eigenvalue weighted by molar-refractivity contribution is 5.69. The van der Waals surface area contributed by atoms with E-state index in [4.69, 9.17) is 4.74 Å². The van der Waals surface area contributed by atoms with E-state index >= 15 is 0 Å². The van der Waals surface area contributed by atoms with E-state index < -0.39 is 0 Å². The Hall–Kier alpha value is -1.65. The number of carbonyl (C=O) groups is 1. The molecule has 0 radical (unpaired) electrons. The zero-order chi connectivity index (χ0) is 26.4. The van der Waals surface area contributed by atoms with Crippen LogP contribution in [0.25, 0.3) is 0 Å². The lowest BCUT2D eigenvalue weighted by Gasteiger charge is -2.63. The largest absolute Gasteiger partial charge is 0.461 e. The van der Waals surface area contributed by atoms with Crippen molar-refractivity contribution in [2.24, 2.45) is 46.3 Å². The van der Waals surface area contributed by atoms with Crippen molar-refractivity contribution in [2.45, 2.75) is 104 Å². The lowest BCUT2D eigenvalue weighted by atomic mass is 9.42. The Morgan fingerprint density at radius 2 is 1.76 bits per heavy atom. The molecule has 4 aliphatic rings. The van der Waals surface area contributed by atoms with Crippen LogP contribution in [0, 0.1) is 46.3 Å². The van der Waals surface area contributed by atoms with E-state index in [1.807, 2.05) is 30.3 Å². The molecule has 0 spiro atoms. The molecular weight excluding hydrogens is 460 g/mol. The maximum absolute atomic E-state index is 12.5. The van der Waals surface area contributed by atoms with Gasteiger partial charge in [-0.2, -0.15) is 0 Å². The summed E-state index contributed by atoms with van der Waals surface area (Å²) in [5, 5.41) is 22.3. The van der Waals surface area contributed by atoms with Gasteiger partial charge < -0.3 is 14.9 Å². The molecule has 4 aliphatic carbocycles. The number of hydrogen-bond donors (Lipinski definition) is 2. The number of aliphatic hydroxyl groups is 2. The number of fused-ring (bicyclic) bond motifs is 5. The molecule has 4 heteroatoms. The molecule has 1 aromatic carbocycles. The predicted octanol–water partition coefficient (Wildman–Crippen LogP) is 6.69. The van der Waals surface area contributed by atoms with E-state index in [0.717, 1.165) is 31.2 Å². The standard InChI is InChI=1S/C33H48O4/c1-5-24-28-19-23(34)15-17-33(28,4)27-16-18-32(3)25(12-13-26(32)30(27)31(24)36)21(2)11-14-29(35)37-20-22-9-7-6-8-10-22/h5-10,21,23,25-28,30-31,34,36H,11-20H2,1-4H3/b24-5+/t21-,23-,25?,26?,27?,28+,30?,31?,32-,33-/m1/s1. The average Bonchev–Trinajstić information content (AvgIpc) is 3.25. The van der Waals surface area contributed by atoms with Crippen molar-refractivity contribution in [1.82, 2.24) is 0 Å². The number of rotatable bonds is 6. The first-order valence-corrected chi connectivity index (χ1v) is 14.9. The fourth-order valence-electron chi connectivity index (χ4n) is 9.81. The van der Waals surface area contributed by atoms with Gasteiger partial charge in [0.1, 0.15) is 6.61 Å². The van der Waals surface area contributed by atoms with Crippen LogP contribution in [0.3, 0.4) is 0 Å². The van der Waals surface area contributed by atoms with Crippen molar-refractivity contribution in [2.75, 3.05) is 0 Å². The molecule has 0 aromatic heterocycles. The topological polar surface area (TPSA) is 66.8 Å². The molecule has 2 N–H and O–H groups in total. The van der Waals surface area contributed by atoms with Gasteiger partial charge in [0, 0.05) is 6.42 Å². The number of carbonyl (C=O) groups excluding carboxylic acids is 1. The van der Waals surface area contributed by atoms with Crippen molar-refractivity contribution in [3.8, 4) is 0 Å². The average molecular weight is 509 g/mol. The smallest absolute Gasteiger partial charge is 0.306 e. The van der Waals surface area contributed by atoms with E-state index in [9.17, 15) is 15.0 Å². The number of hydrogen-bond acceptors (Lipinski definition) is 4. The minimum atomic E-state index is -0.384. The van der Waals surface area contributed by atoms with Crippen LogP contribution in [0.15, 0.2) is 42.0 Å². The summed E-state index contributed by atoms with van der Waals surface area (Å²) < 4.78 is 5.55. The van der Waals surface area contributed by atoms with Gasteiger partial charge in [-0.3, -0.25) is 4.79 Å². The van der Waals surface area contributed by atoms with E-state index in [0.29, 0.717) is 48.5 Å². The molecule has 0 amide bonds. The van der Waals surface area contributed by atoms with Crippen LogP contribution >= 0.6 is 0 Å². The summed E-state index contributed by atoms with van der Waals surface area (Å²) in [5.74, 6) is 2.63. The van der Waals surface area contributed by atoms with Gasteiger partial charge in [-0.1, -0.05) is 57.2 Å². The second-order valence-electron chi connectivity index (χ2n) is 13.4. The lowest BCUT2D eigenvalue weighted by molar-refractivity contribution is -0.149. The molecule has 1 aromatic rings. The van der Waals surface area contributed by atoms with Crippen LogP contribution in [-0.4, -0.2) is 28.4 Å². The highest BCUT2D eigenvalue weighted by Crippen LogP contribution is 2.69. The summed E-state index contributed by atoms with van der Waals surface area (Å²) in [5.41, 5.74) is 2.62. The molecule has 37 heavy (non-hydrogen) atoms. The molecule has 0 aliphatic heterocycles. The summed E-state index contributed by atoms with van der Waals surface area (Å²) in [6.45, 7) is 9.73. The van der Waals surface area contributed by atoms with Crippen LogP contribution in [0.5, 0.6) is 0 Å². The maximum atomic E-state index is 12.5. The predicted molar refractivity (Wildman–Crippen MR) is 146 cm³/mol. The van der Waals surface area contributed by atoms with Gasteiger partial charge in [0.15, 0.2) is 0 Å². The van der Waals surface area contributed by atoms with Crippen LogP contribution < -0.4 is 0 Å². The summed E-state index contributed by atoms with van der Waals surface area (Å²) in [7, 11) is 0. The summed E-state index contributed by atoms with van der Waals surface area (Å²) in [4.78, 5) is 12.5. The van der Waals surface area contributed by atoms with Gasteiger partial charge in [0.2, 0.25) is 0 Å². The second kappa shape index (κ2) is 10.5. The van der Waals surface area contributed by atoms with Crippen molar-refractivity contribution in [1.29, 1.82) is 0 Å². The minimum Gasteiger partial charge on any atom is -0.461 e. The normalized spacial score (nSPS) is 43.0. The first-order valence-electron chi connectivity index (χ1n) is 14.9. The Labute approximate surface area is 223 Å². The van der Waals surface area contributed by atoms with E-state index in [2.05, 4.69) is 33.8 Å². The monoisotopic (exact) mass is 508 g/mol. The number of allylic oxidation sites excluding steroid dienone is 1. The van der Waals surface area contributed by atoms with E-state index in [1.165, 1.54) is 31.3 Å². The van der Waals surface area contributed by atoms with E-state index in [-0.39, 0.29) is 29.0 Å². The summed E-state index contributed by atoms with van der Waals surface area (Å²) in [6, 6.07) is 9.89. The molecule has 5 unspecified atom stereocenters. The Morgan fingerprint density at radius 3 is 2.49 bits per heavy atom. The number of aliphatic hydroxyl groups excluding tert-OH is 2. The second-order valence-corrected chi connectivity index (χ2v) is 13.4. The molecule has 10 atom stereocenters. The first-order chi connectivity index (χ1) is 17.7. The molecule has 0 saturated heterocycles. The quantitative estimate of drug-likeness (QED) is 0.332. The molecule has 4 nitrogen and oxygen atoms in total. The highest BCUT2D eigenvalue weighted by Gasteiger charge is 2.63.